The summed E-state index contributed by atoms with van der Waals surface area (Å²) < 4.78 is 27.0. The first kappa shape index (κ1) is 20.0. The number of sulfonamides is 1. The van der Waals surface area contributed by atoms with Gasteiger partial charge in [-0.25, -0.2) is 13.1 Å². The first-order valence-electron chi connectivity index (χ1n) is 9.69. The Bertz CT molecular complexity index is 719. The summed E-state index contributed by atoms with van der Waals surface area (Å²) in [5.41, 5.74) is 0. The highest BCUT2D eigenvalue weighted by Gasteiger charge is 2.29. The second kappa shape index (κ2) is 9.48. The van der Waals surface area contributed by atoms with Gasteiger partial charge in [0.2, 0.25) is 10.0 Å². The summed E-state index contributed by atoms with van der Waals surface area (Å²) in [7, 11) is -1.75. The second-order valence-electron chi connectivity index (χ2n) is 7.05. The molecule has 2 aliphatic rings. The minimum atomic E-state index is -3.52. The summed E-state index contributed by atoms with van der Waals surface area (Å²) in [5, 5.41) is 3.27. The summed E-state index contributed by atoms with van der Waals surface area (Å²) >= 11 is 0. The average molecular weight is 395 g/mol. The number of likely N-dealkylation sites (tertiary alicyclic amines) is 2. The highest BCUT2D eigenvalue weighted by atomic mass is 32.2. The quantitative estimate of drug-likeness (QED) is 0.415. The lowest BCUT2D eigenvalue weighted by molar-refractivity contribution is 0.168. The largest absolute Gasteiger partial charge is 0.355 e. The molecule has 1 aromatic heterocycles. The number of nitrogens with zero attached hydrogens (tertiary/aromatic N) is 4. The van der Waals surface area contributed by atoms with Gasteiger partial charge in [0.1, 0.15) is 4.90 Å². The number of guanidine groups is 1. The molecule has 9 heteroatoms. The predicted molar refractivity (Wildman–Crippen MR) is 106 cm³/mol. The molecule has 0 radical (unpaired) electrons. The van der Waals surface area contributed by atoms with E-state index in [1.165, 1.54) is 44.6 Å². The van der Waals surface area contributed by atoms with Gasteiger partial charge in [0, 0.05) is 51.7 Å². The zero-order valence-corrected chi connectivity index (χ0v) is 16.8. The van der Waals surface area contributed by atoms with E-state index in [-0.39, 0.29) is 4.90 Å². The minimum Gasteiger partial charge on any atom is -0.355 e. The fourth-order valence-corrected chi connectivity index (χ4v) is 4.79. The van der Waals surface area contributed by atoms with Crippen molar-refractivity contribution < 1.29 is 8.42 Å². The standard InChI is InChI=1S/C18H30N6O2S/c1-19-18(24-13-7-16(15-24)23-11-3-2-4-12-23)21-9-10-22-27(25,26)17-6-5-8-20-14-17/h5-6,8,14,16,22H,2-4,7,9-13,15H2,1H3,(H,19,21). The van der Waals surface area contributed by atoms with E-state index < -0.39 is 10.0 Å². The van der Waals surface area contributed by atoms with Gasteiger partial charge >= 0.3 is 0 Å². The van der Waals surface area contributed by atoms with Crippen LogP contribution in [-0.4, -0.2) is 81.5 Å². The molecule has 0 bridgehead atoms. The third kappa shape index (κ3) is 5.40. The van der Waals surface area contributed by atoms with Gasteiger partial charge in [-0.3, -0.25) is 14.9 Å². The number of aromatic nitrogens is 1. The molecule has 0 aromatic carbocycles. The smallest absolute Gasteiger partial charge is 0.242 e. The Morgan fingerprint density at radius 1 is 1.26 bits per heavy atom. The van der Waals surface area contributed by atoms with E-state index in [1.54, 1.807) is 19.3 Å². The third-order valence-corrected chi connectivity index (χ3v) is 6.67. The number of rotatable bonds is 6. The van der Waals surface area contributed by atoms with Crippen molar-refractivity contribution in [2.24, 2.45) is 4.99 Å². The fraction of sp³-hybridized carbons (Fsp3) is 0.667. The molecule has 3 rings (SSSR count). The van der Waals surface area contributed by atoms with E-state index in [1.807, 2.05) is 0 Å². The molecule has 2 fully saturated rings. The lowest BCUT2D eigenvalue weighted by Crippen LogP contribution is -2.46. The number of aliphatic imine (C=N–C) groups is 1. The van der Waals surface area contributed by atoms with Crippen LogP contribution in [0.5, 0.6) is 0 Å². The van der Waals surface area contributed by atoms with E-state index in [4.69, 9.17) is 0 Å². The Labute approximate surface area is 162 Å². The van der Waals surface area contributed by atoms with Crippen LogP contribution in [-0.2, 0) is 10.0 Å². The average Bonchev–Trinajstić information content (AvgIpc) is 3.19. The number of piperidine rings is 1. The van der Waals surface area contributed by atoms with Gasteiger partial charge < -0.3 is 10.2 Å². The normalized spacial score (nSPS) is 22.2. The molecular formula is C18H30N6O2S. The molecule has 2 aliphatic heterocycles. The maximum absolute atomic E-state index is 12.2. The van der Waals surface area contributed by atoms with Crippen molar-refractivity contribution >= 4 is 16.0 Å². The molecule has 27 heavy (non-hydrogen) atoms. The fourth-order valence-electron chi connectivity index (χ4n) is 3.80. The van der Waals surface area contributed by atoms with Gasteiger partial charge in [0.15, 0.2) is 5.96 Å². The molecule has 2 N–H and O–H groups in total. The molecule has 0 spiro atoms. The van der Waals surface area contributed by atoms with Gasteiger partial charge in [0.05, 0.1) is 0 Å². The van der Waals surface area contributed by atoms with E-state index in [9.17, 15) is 8.42 Å². The first-order chi connectivity index (χ1) is 13.1. The molecule has 2 saturated heterocycles. The molecule has 0 amide bonds. The summed E-state index contributed by atoms with van der Waals surface area (Å²) in [6.07, 6.45) is 8.03. The molecule has 1 unspecified atom stereocenters. The highest BCUT2D eigenvalue weighted by molar-refractivity contribution is 7.89. The van der Waals surface area contributed by atoms with Crippen LogP contribution in [0.4, 0.5) is 0 Å². The lowest BCUT2D eigenvalue weighted by atomic mass is 10.1. The molecule has 0 aliphatic carbocycles. The number of hydrogen-bond donors (Lipinski definition) is 2. The molecule has 8 nitrogen and oxygen atoms in total. The van der Waals surface area contributed by atoms with Crippen molar-refractivity contribution in [3.8, 4) is 0 Å². The second-order valence-corrected chi connectivity index (χ2v) is 8.81. The van der Waals surface area contributed by atoms with Crippen molar-refractivity contribution in [3.63, 3.8) is 0 Å². The van der Waals surface area contributed by atoms with Crippen molar-refractivity contribution in [1.29, 1.82) is 0 Å². The van der Waals surface area contributed by atoms with Crippen molar-refractivity contribution in [2.45, 2.75) is 36.6 Å². The van der Waals surface area contributed by atoms with Crippen molar-refractivity contribution in [3.05, 3.63) is 24.5 Å². The Hall–Kier alpha value is -1.71. The van der Waals surface area contributed by atoms with Crippen molar-refractivity contribution in [2.75, 3.05) is 46.3 Å². The summed E-state index contributed by atoms with van der Waals surface area (Å²) in [4.78, 5) is 13.3. The Balaban J connectivity index is 1.43. The number of pyridine rings is 1. The van der Waals surface area contributed by atoms with Crippen LogP contribution < -0.4 is 10.0 Å². The van der Waals surface area contributed by atoms with Gasteiger partial charge in [-0.1, -0.05) is 6.42 Å². The maximum atomic E-state index is 12.2. The van der Waals surface area contributed by atoms with Crippen LogP contribution in [0.15, 0.2) is 34.4 Å². The van der Waals surface area contributed by atoms with Crippen LogP contribution in [0.25, 0.3) is 0 Å². The summed E-state index contributed by atoms with van der Waals surface area (Å²) in [5.74, 6) is 0.843. The van der Waals surface area contributed by atoms with E-state index in [0.29, 0.717) is 19.1 Å². The summed E-state index contributed by atoms with van der Waals surface area (Å²) in [6.45, 7) is 5.17. The molecule has 150 valence electrons. The predicted octanol–water partition coefficient (Wildman–Crippen LogP) is 0.496. The van der Waals surface area contributed by atoms with E-state index in [2.05, 4.69) is 29.8 Å². The van der Waals surface area contributed by atoms with Gasteiger partial charge in [-0.05, 0) is 44.5 Å². The molecule has 1 aromatic rings. The Kier molecular flexibility index (Phi) is 7.03. The highest BCUT2D eigenvalue weighted by Crippen LogP contribution is 2.20. The van der Waals surface area contributed by atoms with Crippen LogP contribution in [0.3, 0.4) is 0 Å². The summed E-state index contributed by atoms with van der Waals surface area (Å²) in [6, 6.07) is 3.75. The number of nitrogens with one attached hydrogen (secondary N) is 2. The Morgan fingerprint density at radius 3 is 2.78 bits per heavy atom. The van der Waals surface area contributed by atoms with E-state index in [0.717, 1.165) is 25.5 Å². The lowest BCUT2D eigenvalue weighted by Gasteiger charge is -2.32. The molecule has 3 heterocycles. The first-order valence-corrected chi connectivity index (χ1v) is 11.2. The Morgan fingerprint density at radius 2 is 2.07 bits per heavy atom. The van der Waals surface area contributed by atoms with Crippen LogP contribution in [0.2, 0.25) is 0 Å². The zero-order valence-electron chi connectivity index (χ0n) is 16.0. The van der Waals surface area contributed by atoms with Gasteiger partial charge in [0.25, 0.3) is 0 Å². The molecule has 1 atom stereocenters. The SMILES string of the molecule is CN=C(NCCNS(=O)(=O)c1cccnc1)N1CCC(N2CCCCC2)C1. The monoisotopic (exact) mass is 394 g/mol. The zero-order chi connectivity index (χ0) is 19.1. The van der Waals surface area contributed by atoms with Crippen LogP contribution in [0.1, 0.15) is 25.7 Å². The topological polar surface area (TPSA) is 89.9 Å². The molecular weight excluding hydrogens is 364 g/mol. The number of hydrogen-bond acceptors (Lipinski definition) is 5. The van der Waals surface area contributed by atoms with Gasteiger partial charge in [-0.15, -0.1) is 0 Å². The minimum absolute atomic E-state index is 0.179. The molecule has 0 saturated carbocycles. The van der Waals surface area contributed by atoms with E-state index >= 15 is 0 Å². The third-order valence-electron chi connectivity index (χ3n) is 5.23. The van der Waals surface area contributed by atoms with Crippen molar-refractivity contribution in [1.82, 2.24) is 24.8 Å². The van der Waals surface area contributed by atoms with Crippen LogP contribution >= 0.6 is 0 Å². The van der Waals surface area contributed by atoms with Gasteiger partial charge in [-0.2, -0.15) is 0 Å². The maximum Gasteiger partial charge on any atom is 0.242 e. The van der Waals surface area contributed by atoms with Crippen LogP contribution in [0, 0.1) is 0 Å².